The van der Waals surface area contributed by atoms with Gasteiger partial charge in [0.15, 0.2) is 0 Å². The first-order chi connectivity index (χ1) is 7.07. The van der Waals surface area contributed by atoms with Gasteiger partial charge in [0, 0.05) is 18.6 Å². The number of nitrogens with two attached hydrogens (primary N) is 1. The lowest BCUT2D eigenvalue weighted by atomic mass is 9.77. The second-order valence-electron chi connectivity index (χ2n) is 4.35. The average molecular weight is 248 g/mol. The van der Waals surface area contributed by atoms with E-state index in [9.17, 15) is 4.79 Å². The van der Waals surface area contributed by atoms with E-state index in [1.165, 1.54) is 6.42 Å². The molecule has 1 saturated carbocycles. The second-order valence-corrected chi connectivity index (χ2v) is 4.35. The summed E-state index contributed by atoms with van der Waals surface area (Å²) >= 11 is 0. The summed E-state index contributed by atoms with van der Waals surface area (Å²) in [6.45, 7) is 6.62. The zero-order valence-corrected chi connectivity index (χ0v) is 10.6. The Morgan fingerprint density at radius 3 is 2.69 bits per heavy atom. The summed E-state index contributed by atoms with van der Waals surface area (Å²) < 4.78 is 0. The summed E-state index contributed by atoms with van der Waals surface area (Å²) in [4.78, 5) is 11.5. The predicted octanol–water partition coefficient (Wildman–Crippen LogP) is 0.570. The van der Waals surface area contributed by atoms with Gasteiger partial charge in [-0.2, -0.15) is 0 Å². The first kappa shape index (κ1) is 15.4. The highest BCUT2D eigenvalue weighted by Crippen LogP contribution is 2.28. The van der Waals surface area contributed by atoms with Crippen LogP contribution < -0.4 is 16.4 Å². The predicted molar refractivity (Wildman–Crippen MR) is 68.7 cm³/mol. The maximum absolute atomic E-state index is 11.5. The molecular weight excluding hydrogens is 226 g/mol. The fourth-order valence-corrected chi connectivity index (χ4v) is 1.58. The lowest BCUT2D eigenvalue weighted by molar-refractivity contribution is -0.122. The summed E-state index contributed by atoms with van der Waals surface area (Å²) in [7, 11) is 0. The Morgan fingerprint density at radius 2 is 2.25 bits per heavy atom. The van der Waals surface area contributed by atoms with Crippen molar-refractivity contribution in [3.8, 4) is 0 Å². The van der Waals surface area contributed by atoms with Crippen LogP contribution >= 0.6 is 12.4 Å². The van der Waals surface area contributed by atoms with E-state index in [1.807, 2.05) is 6.92 Å². The van der Waals surface area contributed by atoms with E-state index < -0.39 is 0 Å². The van der Waals surface area contributed by atoms with Gasteiger partial charge in [0.05, 0.1) is 6.04 Å². The number of nitrogens with one attached hydrogen (secondary N) is 2. The molecule has 0 radical (unpaired) electrons. The van der Waals surface area contributed by atoms with Crippen LogP contribution in [0.4, 0.5) is 0 Å². The Balaban J connectivity index is 0.00000225. The topological polar surface area (TPSA) is 67.2 Å². The number of amides is 1. The number of rotatable bonds is 6. The summed E-state index contributed by atoms with van der Waals surface area (Å²) in [6.07, 6.45) is 4.98. The van der Waals surface area contributed by atoms with Crippen molar-refractivity contribution in [3.63, 3.8) is 0 Å². The minimum absolute atomic E-state index is 0. The number of hydrogen-bond donors (Lipinski definition) is 3. The molecule has 1 unspecified atom stereocenters. The van der Waals surface area contributed by atoms with Crippen LogP contribution in [0.3, 0.4) is 0 Å². The van der Waals surface area contributed by atoms with Crippen LogP contribution in [0.5, 0.6) is 0 Å². The third kappa shape index (κ3) is 4.51. The van der Waals surface area contributed by atoms with Gasteiger partial charge < -0.3 is 16.4 Å². The Hall–Kier alpha value is -0.580. The summed E-state index contributed by atoms with van der Waals surface area (Å²) in [5.74, 6) is -0.00202. The van der Waals surface area contributed by atoms with Crippen molar-refractivity contribution in [2.24, 2.45) is 5.73 Å². The van der Waals surface area contributed by atoms with Crippen LogP contribution in [0.1, 0.15) is 26.2 Å². The molecule has 0 aromatic carbocycles. The standard InChI is InChI=1S/C11H21N3O.ClH/c1-3-7-13-10(15)9(2)14-8-11(12)5-4-6-11;/h3,9,14H,1,4-8,12H2,2H3,(H,13,15);1H. The van der Waals surface area contributed by atoms with Crippen LogP contribution in [-0.2, 0) is 4.79 Å². The molecule has 1 fully saturated rings. The van der Waals surface area contributed by atoms with E-state index in [-0.39, 0.29) is 29.9 Å². The van der Waals surface area contributed by atoms with Crippen LogP contribution in [0.2, 0.25) is 0 Å². The van der Waals surface area contributed by atoms with Crippen molar-refractivity contribution < 1.29 is 4.79 Å². The first-order valence-corrected chi connectivity index (χ1v) is 5.48. The Bertz CT molecular complexity index is 241. The van der Waals surface area contributed by atoms with Crippen molar-refractivity contribution in [1.82, 2.24) is 10.6 Å². The maximum Gasteiger partial charge on any atom is 0.237 e. The molecule has 16 heavy (non-hydrogen) atoms. The monoisotopic (exact) mass is 247 g/mol. The molecule has 0 aromatic rings. The zero-order chi connectivity index (χ0) is 11.3. The lowest BCUT2D eigenvalue weighted by Crippen LogP contribution is -2.57. The van der Waals surface area contributed by atoms with E-state index in [1.54, 1.807) is 6.08 Å². The van der Waals surface area contributed by atoms with Crippen LogP contribution in [0, 0.1) is 0 Å². The molecule has 0 bridgehead atoms. The zero-order valence-electron chi connectivity index (χ0n) is 9.79. The van der Waals surface area contributed by atoms with Gasteiger partial charge in [-0.1, -0.05) is 6.08 Å². The SMILES string of the molecule is C=CCNC(=O)C(C)NCC1(N)CCC1.Cl. The summed E-state index contributed by atoms with van der Waals surface area (Å²) in [5.41, 5.74) is 5.96. The molecule has 1 aliphatic carbocycles. The molecular formula is C11H22ClN3O. The molecule has 5 heteroatoms. The average Bonchev–Trinajstić information content (AvgIpc) is 2.19. The van der Waals surface area contributed by atoms with Gasteiger partial charge in [-0.3, -0.25) is 4.79 Å². The number of carbonyl (C=O) groups is 1. The third-order valence-electron chi connectivity index (χ3n) is 2.92. The molecule has 1 atom stereocenters. The van der Waals surface area contributed by atoms with Crippen LogP contribution in [-0.4, -0.2) is 30.6 Å². The second kappa shape index (κ2) is 6.89. The smallest absolute Gasteiger partial charge is 0.237 e. The Kier molecular flexibility index (Phi) is 6.64. The van der Waals surface area contributed by atoms with Crippen molar-refractivity contribution in [2.45, 2.75) is 37.8 Å². The fraction of sp³-hybridized carbons (Fsp3) is 0.727. The minimum atomic E-state index is -0.189. The molecule has 1 aliphatic rings. The Morgan fingerprint density at radius 1 is 1.62 bits per heavy atom. The maximum atomic E-state index is 11.5. The van der Waals surface area contributed by atoms with Gasteiger partial charge in [0.1, 0.15) is 0 Å². The van der Waals surface area contributed by atoms with Gasteiger partial charge in [-0.25, -0.2) is 0 Å². The molecule has 0 aromatic heterocycles. The fourth-order valence-electron chi connectivity index (χ4n) is 1.58. The van der Waals surface area contributed by atoms with Crippen LogP contribution in [0.15, 0.2) is 12.7 Å². The van der Waals surface area contributed by atoms with Crippen molar-refractivity contribution in [1.29, 1.82) is 0 Å². The van der Waals surface area contributed by atoms with E-state index in [4.69, 9.17) is 5.73 Å². The van der Waals surface area contributed by atoms with Crippen LogP contribution in [0.25, 0.3) is 0 Å². The Labute approximate surface area is 103 Å². The quantitative estimate of drug-likeness (QED) is 0.602. The molecule has 0 spiro atoms. The molecule has 1 amide bonds. The largest absolute Gasteiger partial charge is 0.351 e. The van der Waals surface area contributed by atoms with E-state index in [0.717, 1.165) is 19.4 Å². The van der Waals surface area contributed by atoms with Crippen molar-refractivity contribution >= 4 is 18.3 Å². The minimum Gasteiger partial charge on any atom is -0.351 e. The highest BCUT2D eigenvalue weighted by molar-refractivity contribution is 5.85. The molecule has 0 saturated heterocycles. The van der Waals surface area contributed by atoms with Crippen molar-refractivity contribution in [3.05, 3.63) is 12.7 Å². The van der Waals surface area contributed by atoms with E-state index in [2.05, 4.69) is 17.2 Å². The molecule has 4 nitrogen and oxygen atoms in total. The van der Waals surface area contributed by atoms with E-state index >= 15 is 0 Å². The van der Waals surface area contributed by atoms with Gasteiger partial charge in [0.25, 0.3) is 0 Å². The summed E-state index contributed by atoms with van der Waals surface area (Å²) in [5, 5.41) is 5.91. The lowest BCUT2D eigenvalue weighted by Gasteiger charge is -2.38. The molecule has 0 heterocycles. The summed E-state index contributed by atoms with van der Waals surface area (Å²) in [6, 6.07) is -0.189. The third-order valence-corrected chi connectivity index (χ3v) is 2.92. The van der Waals surface area contributed by atoms with Gasteiger partial charge in [-0.15, -0.1) is 19.0 Å². The van der Waals surface area contributed by atoms with Gasteiger partial charge in [-0.05, 0) is 26.2 Å². The highest BCUT2D eigenvalue weighted by Gasteiger charge is 2.32. The molecule has 4 N–H and O–H groups in total. The molecule has 0 aliphatic heterocycles. The number of hydrogen-bond acceptors (Lipinski definition) is 3. The van der Waals surface area contributed by atoms with E-state index in [0.29, 0.717) is 6.54 Å². The normalized spacial score (nSPS) is 18.9. The molecule has 94 valence electrons. The number of carbonyl (C=O) groups excluding carboxylic acids is 1. The first-order valence-electron chi connectivity index (χ1n) is 5.48. The van der Waals surface area contributed by atoms with Gasteiger partial charge in [0.2, 0.25) is 5.91 Å². The number of halogens is 1. The molecule has 1 rings (SSSR count). The van der Waals surface area contributed by atoms with Crippen molar-refractivity contribution in [2.75, 3.05) is 13.1 Å². The van der Waals surface area contributed by atoms with Gasteiger partial charge >= 0.3 is 0 Å². The highest BCUT2D eigenvalue weighted by atomic mass is 35.5.